The zero-order chi connectivity index (χ0) is 29.6. The highest BCUT2D eigenvalue weighted by Crippen LogP contribution is 2.38. The number of methoxy groups -OCH3 is 1. The second-order valence-corrected chi connectivity index (χ2v) is 10.8. The monoisotopic (exact) mass is 604 g/mol. The van der Waals surface area contributed by atoms with Crippen molar-refractivity contribution in [3.63, 3.8) is 0 Å². The van der Waals surface area contributed by atoms with E-state index >= 15 is 0 Å². The minimum Gasteiger partial charge on any atom is -0.493 e. The number of carbonyl (C=O) groups is 1. The molecule has 3 aromatic rings. The summed E-state index contributed by atoms with van der Waals surface area (Å²) in [5.74, 6) is 1.58. The van der Waals surface area contributed by atoms with E-state index in [4.69, 9.17) is 36.0 Å². The lowest BCUT2D eigenvalue weighted by atomic mass is 10.1. The zero-order valence-electron chi connectivity index (χ0n) is 23.3. The number of halogens is 1. The predicted octanol–water partition coefficient (Wildman–Crippen LogP) is 6.38. The number of fused-ring (bicyclic) bond motifs is 1. The summed E-state index contributed by atoms with van der Waals surface area (Å²) >= 11 is 7.76. The number of hydrogen-bond acceptors (Lipinski definition) is 8. The summed E-state index contributed by atoms with van der Waals surface area (Å²) < 4.78 is 23.1. The van der Waals surface area contributed by atoms with E-state index in [2.05, 4.69) is 23.1 Å². The van der Waals surface area contributed by atoms with Gasteiger partial charge in [-0.25, -0.2) is 0 Å². The molecule has 0 fully saturated rings. The van der Waals surface area contributed by atoms with Gasteiger partial charge in [-0.3, -0.25) is 10.2 Å². The third kappa shape index (κ3) is 6.78. The average molecular weight is 605 g/mol. The number of para-hydroxylation sites is 1. The van der Waals surface area contributed by atoms with Crippen LogP contribution in [-0.2, 0) is 11.2 Å². The molecule has 2 heterocycles. The maximum absolute atomic E-state index is 12.9. The van der Waals surface area contributed by atoms with Crippen molar-refractivity contribution in [2.45, 2.75) is 20.3 Å². The maximum atomic E-state index is 12.9. The molecule has 2 aliphatic rings. The second-order valence-electron chi connectivity index (χ2n) is 9.35. The van der Waals surface area contributed by atoms with Crippen LogP contribution >= 0.6 is 23.4 Å². The van der Waals surface area contributed by atoms with E-state index in [9.17, 15) is 4.79 Å². The minimum absolute atomic E-state index is 0.0677. The molecular weight excluding hydrogens is 576 g/mol. The Morgan fingerprint density at radius 1 is 1.02 bits per heavy atom. The first-order valence-electron chi connectivity index (χ1n) is 13.2. The van der Waals surface area contributed by atoms with Crippen molar-refractivity contribution in [1.29, 1.82) is 5.41 Å². The second kappa shape index (κ2) is 13.1. The van der Waals surface area contributed by atoms with E-state index in [1.54, 1.807) is 12.1 Å². The Morgan fingerprint density at radius 2 is 1.81 bits per heavy atom. The molecule has 0 saturated carbocycles. The fourth-order valence-electron chi connectivity index (χ4n) is 4.30. The number of benzene rings is 3. The lowest BCUT2D eigenvalue weighted by Crippen LogP contribution is -2.35. The highest BCUT2D eigenvalue weighted by Gasteiger charge is 2.36. The van der Waals surface area contributed by atoms with Crippen molar-refractivity contribution in [2.24, 2.45) is 10.1 Å². The zero-order valence-corrected chi connectivity index (χ0v) is 24.9. The van der Waals surface area contributed by atoms with Crippen molar-refractivity contribution < 1.29 is 23.7 Å². The summed E-state index contributed by atoms with van der Waals surface area (Å²) in [4.78, 5) is 17.0. The van der Waals surface area contributed by atoms with Gasteiger partial charge in [0.25, 0.3) is 5.91 Å². The molecule has 1 amide bonds. The summed E-state index contributed by atoms with van der Waals surface area (Å²) in [5.41, 5.74) is 2.96. The van der Waals surface area contributed by atoms with Gasteiger partial charge in [0.1, 0.15) is 36.4 Å². The number of carbonyl (C=O) groups excluding carboxylic acids is 1. The molecule has 9 nitrogen and oxygen atoms in total. The van der Waals surface area contributed by atoms with Crippen LogP contribution in [0.2, 0.25) is 5.02 Å². The molecule has 42 heavy (non-hydrogen) atoms. The van der Waals surface area contributed by atoms with Crippen LogP contribution < -0.4 is 18.9 Å². The molecule has 2 aliphatic heterocycles. The molecule has 0 bridgehead atoms. The van der Waals surface area contributed by atoms with Crippen LogP contribution in [0.3, 0.4) is 0 Å². The molecule has 0 aliphatic carbocycles. The van der Waals surface area contributed by atoms with Gasteiger partial charge in [0.15, 0.2) is 17.3 Å². The van der Waals surface area contributed by atoms with Gasteiger partial charge in [-0.1, -0.05) is 42.8 Å². The smallest absolute Gasteiger partial charge is 0.283 e. The van der Waals surface area contributed by atoms with E-state index in [1.165, 1.54) is 35.5 Å². The molecule has 11 heteroatoms. The number of hydrogen-bond donors (Lipinski definition) is 1. The van der Waals surface area contributed by atoms with Crippen LogP contribution in [0.1, 0.15) is 23.6 Å². The number of nitrogens with one attached hydrogen (secondary N) is 1. The normalized spacial score (nSPS) is 15.3. The Balaban J connectivity index is 1.26. The number of amidine groups is 2. The number of amides is 1. The number of nitrogens with zero attached hydrogens (tertiary/aromatic N) is 3. The molecule has 0 aromatic heterocycles. The number of aryl methyl sites for hydroxylation is 2. The standard InChI is InChI=1S/C31H29ClN4O5S/c1-4-20-12-19(2)13-23(14-20)39-10-11-40-28-25(32)16-21(17-26(28)38-3)15-24-29(33)36-31(34-30(24)37)42-27(35-36)18-41-22-8-6-5-7-9-22/h5-9,12-17,33H,4,10-11,18H2,1-3H3/b24-15-,33-29?. The third-order valence-corrected chi connectivity index (χ3v) is 7.44. The fourth-order valence-corrected chi connectivity index (χ4v) is 5.37. The van der Waals surface area contributed by atoms with Crippen LogP contribution in [0, 0.1) is 12.3 Å². The summed E-state index contributed by atoms with van der Waals surface area (Å²) in [7, 11) is 1.50. The molecule has 3 aromatic carbocycles. The van der Waals surface area contributed by atoms with Crippen molar-refractivity contribution in [3.8, 4) is 23.0 Å². The van der Waals surface area contributed by atoms with Crippen molar-refractivity contribution in [3.05, 3.63) is 87.9 Å². The average Bonchev–Trinajstić information content (AvgIpc) is 3.40. The van der Waals surface area contributed by atoms with Crippen LogP contribution in [-0.4, -0.2) is 53.9 Å². The van der Waals surface area contributed by atoms with Gasteiger partial charge in [-0.05, 0) is 84.3 Å². The van der Waals surface area contributed by atoms with Gasteiger partial charge in [0.2, 0.25) is 5.17 Å². The minimum atomic E-state index is -0.547. The van der Waals surface area contributed by atoms with E-state index in [-0.39, 0.29) is 24.6 Å². The summed E-state index contributed by atoms with van der Waals surface area (Å²) in [6.07, 6.45) is 2.46. The van der Waals surface area contributed by atoms with E-state index in [0.29, 0.717) is 44.7 Å². The first-order chi connectivity index (χ1) is 20.3. The summed E-state index contributed by atoms with van der Waals surface area (Å²) in [5, 5.41) is 15.6. The first kappa shape index (κ1) is 29.2. The number of ether oxygens (including phenoxy) is 4. The Morgan fingerprint density at radius 3 is 2.57 bits per heavy atom. The lowest BCUT2D eigenvalue weighted by molar-refractivity contribution is -0.114. The Bertz CT molecular complexity index is 1610. The number of rotatable bonds is 11. The number of thioether (sulfide) groups is 1. The summed E-state index contributed by atoms with van der Waals surface area (Å²) in [6.45, 7) is 4.89. The third-order valence-electron chi connectivity index (χ3n) is 6.28. The molecule has 216 valence electrons. The largest absolute Gasteiger partial charge is 0.493 e. The fraction of sp³-hybridized carbons (Fsp3) is 0.226. The van der Waals surface area contributed by atoms with Crippen molar-refractivity contribution in [2.75, 3.05) is 26.9 Å². The SMILES string of the molecule is CCc1cc(C)cc(OCCOc2c(Cl)cc(/C=C3/C(=N)N4N=C(COc5ccccc5)SC4=NC3=O)cc2OC)c1. The maximum Gasteiger partial charge on any atom is 0.283 e. The number of aliphatic imine (C=N–C) groups is 1. The highest BCUT2D eigenvalue weighted by molar-refractivity contribution is 8.27. The van der Waals surface area contributed by atoms with Gasteiger partial charge in [-0.2, -0.15) is 15.1 Å². The molecule has 0 atom stereocenters. The van der Waals surface area contributed by atoms with Gasteiger partial charge in [0, 0.05) is 0 Å². The molecule has 0 unspecified atom stereocenters. The van der Waals surface area contributed by atoms with Gasteiger partial charge >= 0.3 is 0 Å². The molecule has 1 N–H and O–H groups in total. The van der Waals surface area contributed by atoms with E-state index < -0.39 is 5.91 Å². The van der Waals surface area contributed by atoms with Gasteiger partial charge in [-0.15, -0.1) is 0 Å². The first-order valence-corrected chi connectivity index (χ1v) is 14.4. The molecule has 0 spiro atoms. The van der Waals surface area contributed by atoms with Crippen LogP contribution in [0.25, 0.3) is 6.08 Å². The topological polar surface area (TPSA) is 106 Å². The van der Waals surface area contributed by atoms with Gasteiger partial charge < -0.3 is 18.9 Å². The molecule has 0 radical (unpaired) electrons. The van der Waals surface area contributed by atoms with Crippen LogP contribution in [0.15, 0.2) is 76.3 Å². The Hall–Kier alpha value is -4.28. The van der Waals surface area contributed by atoms with Crippen molar-refractivity contribution >= 4 is 51.4 Å². The van der Waals surface area contributed by atoms with Crippen LogP contribution in [0.5, 0.6) is 23.0 Å². The number of hydrazone groups is 1. The molecule has 5 rings (SSSR count). The van der Waals surface area contributed by atoms with E-state index in [0.717, 1.165) is 17.7 Å². The predicted molar refractivity (Wildman–Crippen MR) is 166 cm³/mol. The Labute approximate surface area is 253 Å². The van der Waals surface area contributed by atoms with Gasteiger partial charge in [0.05, 0.1) is 17.7 Å². The van der Waals surface area contributed by atoms with Crippen LogP contribution in [0.4, 0.5) is 0 Å². The van der Waals surface area contributed by atoms with Crippen molar-refractivity contribution in [1.82, 2.24) is 5.01 Å². The molecular formula is C31H29ClN4O5S. The Kier molecular flexibility index (Phi) is 9.14. The quantitative estimate of drug-likeness (QED) is 0.200. The van der Waals surface area contributed by atoms with E-state index in [1.807, 2.05) is 49.4 Å². The summed E-state index contributed by atoms with van der Waals surface area (Å²) in [6, 6.07) is 18.8. The highest BCUT2D eigenvalue weighted by atomic mass is 35.5. The molecule has 0 saturated heterocycles. The lowest BCUT2D eigenvalue weighted by Gasteiger charge is -2.20.